The first-order chi connectivity index (χ1) is 18.2. The van der Waals surface area contributed by atoms with Crippen molar-refractivity contribution in [2.24, 2.45) is 5.92 Å². The fourth-order valence-corrected chi connectivity index (χ4v) is 4.70. The molecular formula is C27H20FN7O2. The lowest BCUT2D eigenvalue weighted by Gasteiger charge is -2.24. The van der Waals surface area contributed by atoms with Crippen LogP contribution in [-0.2, 0) is 4.79 Å². The van der Waals surface area contributed by atoms with Gasteiger partial charge in [-0.1, -0.05) is 18.6 Å². The molecule has 1 amide bonds. The average molecular weight is 494 g/mol. The molecule has 5 heterocycles. The number of H-pyrrole nitrogens is 2. The van der Waals surface area contributed by atoms with E-state index in [1.54, 1.807) is 24.8 Å². The van der Waals surface area contributed by atoms with E-state index in [4.69, 9.17) is 9.40 Å². The zero-order valence-corrected chi connectivity index (χ0v) is 19.5. The zero-order valence-electron chi connectivity index (χ0n) is 19.5. The lowest BCUT2D eigenvalue weighted by Crippen LogP contribution is -2.28. The molecule has 0 atom stereocenters. The number of aromatic amines is 2. The molecule has 1 saturated carbocycles. The number of pyridine rings is 2. The van der Waals surface area contributed by atoms with Crippen LogP contribution in [-0.4, -0.2) is 36.0 Å². The number of benzene rings is 1. The lowest BCUT2D eigenvalue weighted by atomic mass is 9.85. The number of para-hydroxylation sites is 1. The number of nitrogens with one attached hydrogen (secondary N) is 3. The van der Waals surface area contributed by atoms with Gasteiger partial charge in [0.15, 0.2) is 11.6 Å². The summed E-state index contributed by atoms with van der Waals surface area (Å²) in [5.74, 6) is -0.138. The first-order valence-electron chi connectivity index (χ1n) is 12.0. The van der Waals surface area contributed by atoms with Crippen molar-refractivity contribution in [2.75, 3.05) is 5.32 Å². The summed E-state index contributed by atoms with van der Waals surface area (Å²) in [4.78, 5) is 28.9. The Kier molecular flexibility index (Phi) is 4.85. The van der Waals surface area contributed by atoms with Gasteiger partial charge in [0.1, 0.15) is 11.4 Å². The summed E-state index contributed by atoms with van der Waals surface area (Å²) in [6, 6.07) is 9.32. The molecular weight excluding hydrogens is 473 g/mol. The van der Waals surface area contributed by atoms with Crippen molar-refractivity contribution >= 4 is 33.5 Å². The minimum absolute atomic E-state index is 0.0289. The van der Waals surface area contributed by atoms with Crippen molar-refractivity contribution in [2.45, 2.75) is 19.3 Å². The smallest absolute Gasteiger partial charge is 0.227 e. The van der Waals surface area contributed by atoms with Crippen LogP contribution in [0.3, 0.4) is 0 Å². The Morgan fingerprint density at radius 3 is 2.81 bits per heavy atom. The van der Waals surface area contributed by atoms with Crippen LogP contribution in [0.15, 0.2) is 65.9 Å². The second-order valence-electron chi connectivity index (χ2n) is 9.16. The number of carbonyl (C=O) groups is 1. The van der Waals surface area contributed by atoms with Crippen molar-refractivity contribution in [3.8, 4) is 33.9 Å². The average Bonchev–Trinajstić information content (AvgIpc) is 3.62. The minimum Gasteiger partial charge on any atom is -0.472 e. The number of rotatable bonds is 5. The van der Waals surface area contributed by atoms with Crippen LogP contribution in [0.5, 0.6) is 0 Å². The van der Waals surface area contributed by atoms with Gasteiger partial charge in [0.05, 0.1) is 52.5 Å². The molecule has 1 aromatic carbocycles. The maximum absolute atomic E-state index is 16.0. The summed E-state index contributed by atoms with van der Waals surface area (Å²) >= 11 is 0. The Labute approximate surface area is 209 Å². The molecule has 0 unspecified atom stereocenters. The first kappa shape index (κ1) is 21.4. The number of hydrogen-bond acceptors (Lipinski definition) is 6. The third kappa shape index (κ3) is 3.56. The number of hydrogen-bond donors (Lipinski definition) is 3. The maximum Gasteiger partial charge on any atom is 0.227 e. The van der Waals surface area contributed by atoms with E-state index in [-0.39, 0.29) is 22.9 Å². The molecule has 5 aromatic heterocycles. The Morgan fingerprint density at radius 1 is 1.08 bits per heavy atom. The van der Waals surface area contributed by atoms with E-state index in [1.807, 2.05) is 24.3 Å². The number of nitrogens with zero attached hydrogens (tertiary/aromatic N) is 4. The van der Waals surface area contributed by atoms with Gasteiger partial charge in [0, 0.05) is 28.8 Å². The SMILES string of the molecule is O=C(Nc1cncc(-c2ncc3[nH]nc(-c4nc5c(-c6ccoc6)cccc5[nH]4)c3c2F)c1)C1CCC1. The zero-order chi connectivity index (χ0) is 24.9. The molecule has 6 aromatic rings. The summed E-state index contributed by atoms with van der Waals surface area (Å²) in [7, 11) is 0. The van der Waals surface area contributed by atoms with Crippen LogP contribution in [0.4, 0.5) is 10.1 Å². The van der Waals surface area contributed by atoms with Crippen LogP contribution in [0.2, 0.25) is 0 Å². The van der Waals surface area contributed by atoms with E-state index in [9.17, 15) is 4.79 Å². The van der Waals surface area contributed by atoms with Gasteiger partial charge in [-0.3, -0.25) is 19.9 Å². The second-order valence-corrected chi connectivity index (χ2v) is 9.16. The van der Waals surface area contributed by atoms with Crippen molar-refractivity contribution < 1.29 is 13.6 Å². The number of carbonyl (C=O) groups excluding carboxylic acids is 1. The highest BCUT2D eigenvalue weighted by Gasteiger charge is 2.26. The van der Waals surface area contributed by atoms with E-state index in [1.165, 1.54) is 12.4 Å². The number of halogens is 1. The molecule has 0 bridgehead atoms. The number of furan rings is 1. The molecule has 0 saturated heterocycles. The van der Waals surface area contributed by atoms with Crippen LogP contribution >= 0.6 is 0 Å². The van der Waals surface area contributed by atoms with Crippen LogP contribution in [0.25, 0.3) is 55.8 Å². The predicted molar refractivity (Wildman–Crippen MR) is 136 cm³/mol. The van der Waals surface area contributed by atoms with Gasteiger partial charge in [-0.2, -0.15) is 5.10 Å². The van der Waals surface area contributed by atoms with E-state index < -0.39 is 5.82 Å². The highest BCUT2D eigenvalue weighted by molar-refractivity contribution is 5.98. The van der Waals surface area contributed by atoms with E-state index in [2.05, 4.69) is 30.5 Å². The molecule has 182 valence electrons. The van der Waals surface area contributed by atoms with Crippen molar-refractivity contribution in [1.82, 2.24) is 30.1 Å². The quantitative estimate of drug-likeness (QED) is 0.283. The van der Waals surface area contributed by atoms with Gasteiger partial charge in [0.25, 0.3) is 0 Å². The van der Waals surface area contributed by atoms with Gasteiger partial charge in [-0.15, -0.1) is 0 Å². The summed E-state index contributed by atoms with van der Waals surface area (Å²) in [6.45, 7) is 0. The Hall–Kier alpha value is -4.86. The number of anilines is 1. The molecule has 37 heavy (non-hydrogen) atoms. The molecule has 7 rings (SSSR count). The molecule has 0 spiro atoms. The van der Waals surface area contributed by atoms with E-state index in [0.29, 0.717) is 28.3 Å². The van der Waals surface area contributed by atoms with E-state index in [0.717, 1.165) is 41.4 Å². The number of imidazole rings is 1. The number of aromatic nitrogens is 6. The first-order valence-corrected chi connectivity index (χ1v) is 12.0. The van der Waals surface area contributed by atoms with Gasteiger partial charge in [0.2, 0.25) is 5.91 Å². The van der Waals surface area contributed by atoms with Crippen molar-refractivity contribution in [3.05, 3.63) is 67.3 Å². The van der Waals surface area contributed by atoms with Crippen molar-refractivity contribution in [3.63, 3.8) is 0 Å². The van der Waals surface area contributed by atoms with Crippen LogP contribution < -0.4 is 5.32 Å². The van der Waals surface area contributed by atoms with Crippen LogP contribution in [0, 0.1) is 11.7 Å². The third-order valence-electron chi connectivity index (χ3n) is 6.87. The van der Waals surface area contributed by atoms with E-state index >= 15 is 4.39 Å². The Bertz CT molecular complexity index is 1780. The summed E-state index contributed by atoms with van der Waals surface area (Å²) in [5.41, 5.74) is 5.15. The van der Waals surface area contributed by atoms with Crippen LogP contribution in [0.1, 0.15) is 19.3 Å². The topological polar surface area (TPSA) is 125 Å². The second kappa shape index (κ2) is 8.37. The molecule has 3 N–H and O–H groups in total. The molecule has 9 nitrogen and oxygen atoms in total. The molecule has 0 radical (unpaired) electrons. The molecule has 0 aliphatic heterocycles. The number of fused-ring (bicyclic) bond motifs is 2. The fraction of sp³-hybridized carbons (Fsp3) is 0.148. The fourth-order valence-electron chi connectivity index (χ4n) is 4.70. The molecule has 1 aliphatic carbocycles. The number of amides is 1. The standard InChI is InChI=1S/C27H20FN7O2/c28-22-21-20(12-30-23(22)16-9-17(11-29-10-16)31-27(36)14-3-1-4-14)34-35-25(21)26-32-19-6-2-5-18(24(19)33-26)15-7-8-37-13-15/h2,5-14H,1,3-4H2,(H,31,36)(H,32,33)(H,34,35). The molecule has 1 fully saturated rings. The van der Waals surface area contributed by atoms with Gasteiger partial charge in [-0.25, -0.2) is 9.37 Å². The highest BCUT2D eigenvalue weighted by atomic mass is 19.1. The maximum atomic E-state index is 16.0. The van der Waals surface area contributed by atoms with Gasteiger partial charge < -0.3 is 14.7 Å². The van der Waals surface area contributed by atoms with Gasteiger partial charge in [-0.05, 0) is 31.0 Å². The highest BCUT2D eigenvalue weighted by Crippen LogP contribution is 2.35. The van der Waals surface area contributed by atoms with Gasteiger partial charge >= 0.3 is 0 Å². The normalized spacial score (nSPS) is 13.8. The Morgan fingerprint density at radius 2 is 2.00 bits per heavy atom. The minimum atomic E-state index is -0.555. The monoisotopic (exact) mass is 493 g/mol. The summed E-state index contributed by atoms with van der Waals surface area (Å²) < 4.78 is 21.2. The largest absolute Gasteiger partial charge is 0.472 e. The molecule has 1 aliphatic rings. The van der Waals surface area contributed by atoms with Crippen molar-refractivity contribution in [1.29, 1.82) is 0 Å². The predicted octanol–water partition coefficient (Wildman–Crippen LogP) is 5.70. The summed E-state index contributed by atoms with van der Waals surface area (Å²) in [6.07, 6.45) is 10.7. The third-order valence-corrected chi connectivity index (χ3v) is 6.87. The lowest BCUT2D eigenvalue weighted by molar-refractivity contribution is -0.122. The summed E-state index contributed by atoms with van der Waals surface area (Å²) in [5, 5.41) is 10.4. The molecule has 10 heteroatoms. The Balaban J connectivity index is 1.30.